The number of amides is 1. The lowest BCUT2D eigenvalue weighted by Gasteiger charge is -2.25. The van der Waals surface area contributed by atoms with Crippen molar-refractivity contribution < 1.29 is 14.3 Å². The Morgan fingerprint density at radius 3 is 2.38 bits per heavy atom. The van der Waals surface area contributed by atoms with Crippen LogP contribution in [0.25, 0.3) is 10.2 Å². The fourth-order valence-corrected chi connectivity index (χ4v) is 4.95. The lowest BCUT2D eigenvalue weighted by molar-refractivity contribution is 0.0983. The number of ether oxygens (including phenoxy) is 2. The normalized spacial score (nSPS) is 11.2. The van der Waals surface area contributed by atoms with Gasteiger partial charge in [-0.25, -0.2) is 4.98 Å². The second-order valence-electron chi connectivity index (χ2n) is 7.12. The average Bonchev–Trinajstić information content (AvgIpc) is 3.20. The first-order valence-electron chi connectivity index (χ1n) is 11.0. The summed E-state index contributed by atoms with van der Waals surface area (Å²) < 4.78 is 13.4. The third-order valence-electron chi connectivity index (χ3n) is 5.14. The van der Waals surface area contributed by atoms with E-state index in [1.165, 1.54) is 11.3 Å². The summed E-state index contributed by atoms with van der Waals surface area (Å²) >= 11 is 5.05. The molecule has 1 amide bonds. The summed E-state index contributed by atoms with van der Waals surface area (Å²) in [5.41, 5.74) is 1.44. The van der Waals surface area contributed by atoms with Crippen LogP contribution in [0, 0.1) is 0 Å². The van der Waals surface area contributed by atoms with Crippen LogP contribution in [0.3, 0.4) is 0 Å². The zero-order chi connectivity index (χ0) is 23.1. The number of thiazole rings is 1. The maximum atomic E-state index is 13.7. The van der Waals surface area contributed by atoms with Crippen molar-refractivity contribution in [3.8, 4) is 11.5 Å². The van der Waals surface area contributed by atoms with Gasteiger partial charge in [-0.1, -0.05) is 41.1 Å². The Morgan fingerprint density at radius 2 is 1.69 bits per heavy atom. The highest BCUT2D eigenvalue weighted by atomic mass is 79.9. The smallest absolute Gasteiger partial charge is 0.260 e. The number of rotatable bonds is 11. The van der Waals surface area contributed by atoms with Crippen molar-refractivity contribution in [3.05, 3.63) is 46.4 Å². The molecule has 0 atom stereocenters. The van der Waals surface area contributed by atoms with Crippen LogP contribution < -0.4 is 14.4 Å². The fourth-order valence-electron chi connectivity index (χ4n) is 3.41. The topological polar surface area (TPSA) is 54.9 Å². The Bertz CT molecular complexity index is 1050. The third-order valence-corrected chi connectivity index (χ3v) is 6.67. The summed E-state index contributed by atoms with van der Waals surface area (Å²) in [7, 11) is 0. The van der Waals surface area contributed by atoms with Crippen molar-refractivity contribution in [1.82, 2.24) is 9.88 Å². The molecule has 3 rings (SSSR count). The van der Waals surface area contributed by atoms with Gasteiger partial charge in [-0.3, -0.25) is 9.69 Å². The van der Waals surface area contributed by atoms with Gasteiger partial charge in [0, 0.05) is 23.1 Å². The maximum Gasteiger partial charge on any atom is 0.260 e. The number of nitrogens with zero attached hydrogens (tertiary/aromatic N) is 3. The van der Waals surface area contributed by atoms with Gasteiger partial charge in [0.05, 0.1) is 23.4 Å². The first-order chi connectivity index (χ1) is 15.5. The van der Waals surface area contributed by atoms with E-state index in [-0.39, 0.29) is 5.91 Å². The minimum absolute atomic E-state index is 0.0979. The molecule has 1 aromatic heterocycles. The van der Waals surface area contributed by atoms with Gasteiger partial charge in [0.15, 0.2) is 16.6 Å². The molecule has 2 aromatic carbocycles. The first kappa shape index (κ1) is 24.5. The summed E-state index contributed by atoms with van der Waals surface area (Å²) in [6, 6.07) is 11.3. The molecule has 0 saturated carbocycles. The van der Waals surface area contributed by atoms with Crippen molar-refractivity contribution in [1.29, 1.82) is 0 Å². The fraction of sp³-hybridized carbons (Fsp3) is 0.417. The van der Waals surface area contributed by atoms with E-state index >= 15 is 0 Å². The quantitative estimate of drug-likeness (QED) is 0.318. The lowest BCUT2D eigenvalue weighted by Crippen LogP contribution is -2.38. The number of carbonyl (C=O) groups excluding carboxylic acids is 1. The second kappa shape index (κ2) is 11.6. The summed E-state index contributed by atoms with van der Waals surface area (Å²) in [6.07, 6.45) is 0. The molecule has 0 aliphatic carbocycles. The highest BCUT2D eigenvalue weighted by Crippen LogP contribution is 2.33. The van der Waals surface area contributed by atoms with Crippen molar-refractivity contribution in [3.63, 3.8) is 0 Å². The first-order valence-corrected chi connectivity index (χ1v) is 12.6. The predicted molar refractivity (Wildman–Crippen MR) is 136 cm³/mol. The van der Waals surface area contributed by atoms with Crippen LogP contribution in [-0.4, -0.2) is 55.2 Å². The van der Waals surface area contributed by atoms with E-state index in [1.807, 2.05) is 32.0 Å². The number of halogens is 1. The largest absolute Gasteiger partial charge is 0.490 e. The van der Waals surface area contributed by atoms with Gasteiger partial charge in [0.25, 0.3) is 5.91 Å². The standard InChI is InChI=1S/C24H30BrN3O3S/c1-5-27(6-2)13-14-28(24-26-19-11-10-18(25)16-22(19)32-24)23(29)17-9-12-20(30-7-3)21(15-17)31-8-4/h9-12,15-16H,5-8,13-14H2,1-4H3. The molecular weight excluding hydrogens is 490 g/mol. The van der Waals surface area contributed by atoms with E-state index in [1.54, 1.807) is 23.1 Å². The van der Waals surface area contributed by atoms with E-state index in [0.29, 0.717) is 42.0 Å². The Hall–Kier alpha value is -2.16. The van der Waals surface area contributed by atoms with E-state index in [9.17, 15) is 4.79 Å². The van der Waals surface area contributed by atoms with E-state index in [2.05, 4.69) is 34.7 Å². The zero-order valence-corrected chi connectivity index (χ0v) is 21.5. The molecule has 8 heteroatoms. The molecule has 32 heavy (non-hydrogen) atoms. The molecule has 0 fully saturated rings. The SMILES string of the molecule is CCOc1ccc(C(=O)N(CCN(CC)CC)c2nc3ccc(Br)cc3s2)cc1OCC. The van der Waals surface area contributed by atoms with Gasteiger partial charge in [-0.15, -0.1) is 0 Å². The number of anilines is 1. The summed E-state index contributed by atoms with van der Waals surface area (Å²) in [5, 5.41) is 0.696. The van der Waals surface area contributed by atoms with Gasteiger partial charge in [0.1, 0.15) is 0 Å². The number of hydrogen-bond acceptors (Lipinski definition) is 6. The molecule has 0 unspecified atom stereocenters. The summed E-state index contributed by atoms with van der Waals surface area (Å²) in [6.45, 7) is 12.3. The molecule has 0 aliphatic heterocycles. The molecule has 0 radical (unpaired) electrons. The Labute approximate surface area is 202 Å². The highest BCUT2D eigenvalue weighted by Gasteiger charge is 2.23. The third kappa shape index (κ3) is 5.79. The van der Waals surface area contributed by atoms with Crippen LogP contribution in [0.5, 0.6) is 11.5 Å². The Kier molecular flexibility index (Phi) is 8.90. The minimum atomic E-state index is -0.0979. The molecular formula is C24H30BrN3O3S. The predicted octanol–water partition coefficient (Wildman–Crippen LogP) is 5.84. The molecule has 0 aliphatic rings. The molecule has 0 saturated heterocycles. The van der Waals surface area contributed by atoms with Crippen LogP contribution in [0.4, 0.5) is 5.13 Å². The van der Waals surface area contributed by atoms with E-state index in [4.69, 9.17) is 14.5 Å². The molecule has 0 spiro atoms. The van der Waals surface area contributed by atoms with Crippen molar-refractivity contribution in [2.45, 2.75) is 27.7 Å². The minimum Gasteiger partial charge on any atom is -0.490 e. The molecule has 0 bridgehead atoms. The van der Waals surface area contributed by atoms with Gasteiger partial charge in [0.2, 0.25) is 0 Å². The molecule has 6 nitrogen and oxygen atoms in total. The van der Waals surface area contributed by atoms with Crippen LogP contribution in [-0.2, 0) is 0 Å². The maximum absolute atomic E-state index is 13.7. The average molecular weight is 520 g/mol. The zero-order valence-electron chi connectivity index (χ0n) is 19.1. The van der Waals surface area contributed by atoms with E-state index < -0.39 is 0 Å². The van der Waals surface area contributed by atoms with Gasteiger partial charge in [-0.05, 0) is 63.3 Å². The van der Waals surface area contributed by atoms with Crippen LogP contribution in [0.15, 0.2) is 40.9 Å². The molecule has 3 aromatic rings. The highest BCUT2D eigenvalue weighted by molar-refractivity contribution is 9.10. The van der Waals surface area contributed by atoms with Crippen molar-refractivity contribution >= 4 is 48.5 Å². The second-order valence-corrected chi connectivity index (χ2v) is 9.04. The van der Waals surface area contributed by atoms with Gasteiger partial charge < -0.3 is 14.4 Å². The Balaban J connectivity index is 1.97. The molecule has 1 heterocycles. The summed E-state index contributed by atoms with van der Waals surface area (Å²) in [4.78, 5) is 22.5. The number of hydrogen-bond donors (Lipinski definition) is 0. The summed E-state index contributed by atoms with van der Waals surface area (Å²) in [5.74, 6) is 1.13. The lowest BCUT2D eigenvalue weighted by atomic mass is 10.1. The molecule has 172 valence electrons. The van der Waals surface area contributed by atoms with Gasteiger partial charge in [-0.2, -0.15) is 0 Å². The number of aromatic nitrogens is 1. The van der Waals surface area contributed by atoms with Gasteiger partial charge >= 0.3 is 0 Å². The van der Waals surface area contributed by atoms with Crippen molar-refractivity contribution in [2.24, 2.45) is 0 Å². The van der Waals surface area contributed by atoms with Crippen LogP contribution in [0.2, 0.25) is 0 Å². The number of likely N-dealkylation sites (N-methyl/N-ethyl adjacent to an activating group) is 1. The van der Waals surface area contributed by atoms with Crippen molar-refractivity contribution in [2.75, 3.05) is 44.3 Å². The monoisotopic (exact) mass is 519 g/mol. The molecule has 0 N–H and O–H groups in total. The van der Waals surface area contributed by atoms with Crippen LogP contribution in [0.1, 0.15) is 38.1 Å². The number of fused-ring (bicyclic) bond motifs is 1. The Morgan fingerprint density at radius 1 is 0.969 bits per heavy atom. The van der Waals surface area contributed by atoms with Crippen LogP contribution >= 0.6 is 27.3 Å². The van der Waals surface area contributed by atoms with E-state index in [0.717, 1.165) is 34.3 Å². The number of benzene rings is 2. The number of carbonyl (C=O) groups is 1.